The van der Waals surface area contributed by atoms with Crippen LogP contribution in [0.1, 0.15) is 15.9 Å². The summed E-state index contributed by atoms with van der Waals surface area (Å²) in [5.41, 5.74) is 3.90. The Morgan fingerprint density at radius 3 is 2.73 bits per heavy atom. The van der Waals surface area contributed by atoms with Crippen molar-refractivity contribution in [2.24, 2.45) is 5.10 Å². The first-order valence-corrected chi connectivity index (χ1v) is 7.71. The molecule has 0 unspecified atom stereocenters. The Morgan fingerprint density at radius 2 is 1.95 bits per heavy atom. The lowest BCUT2D eigenvalue weighted by atomic mass is 10.2. The zero-order valence-electron chi connectivity index (χ0n) is 11.8. The highest BCUT2D eigenvalue weighted by atomic mass is 127. The highest BCUT2D eigenvalue weighted by Crippen LogP contribution is 2.15. The van der Waals surface area contributed by atoms with Gasteiger partial charge in [0.05, 0.1) is 11.8 Å². The number of halogens is 1. The number of hydrogen-bond donors (Lipinski definition) is 1. The van der Waals surface area contributed by atoms with Crippen molar-refractivity contribution in [3.05, 3.63) is 75.9 Å². The van der Waals surface area contributed by atoms with Gasteiger partial charge in [0.15, 0.2) is 0 Å². The average molecular weight is 406 g/mol. The molecule has 0 aromatic heterocycles. The van der Waals surface area contributed by atoms with Gasteiger partial charge in [0.25, 0.3) is 5.91 Å². The summed E-state index contributed by atoms with van der Waals surface area (Å²) in [6.07, 6.45) is 3.24. The molecule has 5 heteroatoms. The van der Waals surface area contributed by atoms with Gasteiger partial charge in [0.1, 0.15) is 12.4 Å². The first-order chi connectivity index (χ1) is 10.7. The molecule has 0 radical (unpaired) electrons. The van der Waals surface area contributed by atoms with Gasteiger partial charge in [-0.15, -0.1) is 0 Å². The number of nitrogens with zero attached hydrogens (tertiary/aromatic N) is 1. The van der Waals surface area contributed by atoms with Crippen molar-refractivity contribution in [3.8, 4) is 5.75 Å². The van der Waals surface area contributed by atoms with Gasteiger partial charge in [-0.2, -0.15) is 5.10 Å². The second kappa shape index (κ2) is 8.33. The van der Waals surface area contributed by atoms with Crippen molar-refractivity contribution in [1.29, 1.82) is 0 Å². The van der Waals surface area contributed by atoms with Crippen LogP contribution in [0.3, 0.4) is 0 Å². The van der Waals surface area contributed by atoms with Crippen LogP contribution >= 0.6 is 22.6 Å². The van der Waals surface area contributed by atoms with Crippen LogP contribution in [0, 0.1) is 3.57 Å². The molecule has 0 atom stereocenters. The number of para-hydroxylation sites is 1. The average Bonchev–Trinajstić information content (AvgIpc) is 2.54. The van der Waals surface area contributed by atoms with Gasteiger partial charge in [0.2, 0.25) is 0 Å². The van der Waals surface area contributed by atoms with E-state index in [1.54, 1.807) is 18.4 Å². The molecule has 0 aliphatic rings. The second-order valence-corrected chi connectivity index (χ2v) is 5.48. The van der Waals surface area contributed by atoms with E-state index >= 15 is 0 Å². The molecule has 0 heterocycles. The van der Waals surface area contributed by atoms with E-state index in [0.717, 1.165) is 9.13 Å². The summed E-state index contributed by atoms with van der Waals surface area (Å²) >= 11 is 2.12. The van der Waals surface area contributed by atoms with E-state index in [-0.39, 0.29) is 5.91 Å². The van der Waals surface area contributed by atoms with E-state index in [0.29, 0.717) is 17.9 Å². The van der Waals surface area contributed by atoms with E-state index in [4.69, 9.17) is 4.74 Å². The third-order valence-electron chi connectivity index (χ3n) is 2.76. The van der Waals surface area contributed by atoms with Gasteiger partial charge in [0, 0.05) is 9.13 Å². The van der Waals surface area contributed by atoms with E-state index in [9.17, 15) is 4.79 Å². The topological polar surface area (TPSA) is 50.7 Å². The lowest BCUT2D eigenvalue weighted by Gasteiger charge is -2.06. The molecule has 0 aliphatic heterocycles. The third-order valence-corrected chi connectivity index (χ3v) is 3.70. The number of amides is 1. The number of benzene rings is 2. The van der Waals surface area contributed by atoms with Crippen LogP contribution in [0.5, 0.6) is 5.75 Å². The van der Waals surface area contributed by atoms with Crippen molar-refractivity contribution < 1.29 is 9.53 Å². The Bertz CT molecular complexity index is 699. The van der Waals surface area contributed by atoms with E-state index in [1.807, 2.05) is 42.5 Å². The normalized spacial score (nSPS) is 10.4. The maximum atomic E-state index is 12.0. The molecule has 2 rings (SSSR count). The SMILES string of the molecule is C=CCOc1ccccc1C=NNC(=O)c1ccccc1I. The molecular weight excluding hydrogens is 391 g/mol. The molecule has 0 aliphatic carbocycles. The Hall–Kier alpha value is -2.15. The number of ether oxygens (including phenoxy) is 1. The van der Waals surface area contributed by atoms with Crippen LogP contribution in [-0.2, 0) is 0 Å². The number of rotatable bonds is 6. The molecule has 0 spiro atoms. The zero-order valence-corrected chi connectivity index (χ0v) is 14.0. The van der Waals surface area contributed by atoms with Gasteiger partial charge in [-0.1, -0.05) is 36.9 Å². The van der Waals surface area contributed by atoms with E-state index in [1.165, 1.54) is 0 Å². The van der Waals surface area contributed by atoms with E-state index in [2.05, 4.69) is 39.7 Å². The van der Waals surface area contributed by atoms with Gasteiger partial charge in [-0.3, -0.25) is 4.79 Å². The smallest absolute Gasteiger partial charge is 0.272 e. The minimum atomic E-state index is -0.245. The van der Waals surface area contributed by atoms with Crippen molar-refractivity contribution in [3.63, 3.8) is 0 Å². The van der Waals surface area contributed by atoms with Gasteiger partial charge < -0.3 is 4.74 Å². The van der Waals surface area contributed by atoms with Crippen molar-refractivity contribution in [1.82, 2.24) is 5.43 Å². The fourth-order valence-electron chi connectivity index (χ4n) is 1.73. The molecule has 4 nitrogen and oxygen atoms in total. The zero-order chi connectivity index (χ0) is 15.8. The molecule has 2 aromatic rings. The fraction of sp³-hybridized carbons (Fsp3) is 0.0588. The van der Waals surface area contributed by atoms with E-state index < -0.39 is 0 Å². The van der Waals surface area contributed by atoms with Crippen molar-refractivity contribution >= 4 is 34.7 Å². The number of hydrogen-bond acceptors (Lipinski definition) is 3. The Labute approximate surface area is 143 Å². The third kappa shape index (κ3) is 4.42. The highest BCUT2D eigenvalue weighted by molar-refractivity contribution is 14.1. The minimum absolute atomic E-state index is 0.245. The summed E-state index contributed by atoms with van der Waals surface area (Å²) in [4.78, 5) is 12.0. The number of carbonyl (C=O) groups is 1. The standard InChI is InChI=1S/C17H15IN2O2/c1-2-11-22-16-10-6-3-7-13(16)12-19-20-17(21)14-8-4-5-9-15(14)18/h2-10,12H,1,11H2,(H,20,21). The Balaban J connectivity index is 2.05. The fourth-order valence-corrected chi connectivity index (χ4v) is 2.37. The Morgan fingerprint density at radius 1 is 1.23 bits per heavy atom. The minimum Gasteiger partial charge on any atom is -0.489 e. The summed E-state index contributed by atoms with van der Waals surface area (Å²) < 4.78 is 6.40. The highest BCUT2D eigenvalue weighted by Gasteiger charge is 2.07. The first-order valence-electron chi connectivity index (χ1n) is 6.63. The van der Waals surface area contributed by atoms with Crippen LogP contribution in [0.2, 0.25) is 0 Å². The lowest BCUT2D eigenvalue weighted by Crippen LogP contribution is -2.18. The predicted octanol–water partition coefficient (Wildman–Crippen LogP) is 3.62. The van der Waals surface area contributed by atoms with Crippen LogP contribution in [-0.4, -0.2) is 18.7 Å². The molecule has 22 heavy (non-hydrogen) atoms. The van der Waals surface area contributed by atoms with Crippen molar-refractivity contribution in [2.45, 2.75) is 0 Å². The number of carbonyl (C=O) groups excluding carboxylic acids is 1. The molecule has 0 bridgehead atoms. The summed E-state index contributed by atoms with van der Waals surface area (Å²) in [6.45, 7) is 4.03. The molecule has 112 valence electrons. The maximum absolute atomic E-state index is 12.0. The quantitative estimate of drug-likeness (QED) is 0.345. The molecule has 0 saturated heterocycles. The van der Waals surface area contributed by atoms with Crippen LogP contribution in [0.25, 0.3) is 0 Å². The van der Waals surface area contributed by atoms with Crippen LogP contribution in [0.15, 0.2) is 66.3 Å². The molecule has 1 amide bonds. The predicted molar refractivity (Wildman–Crippen MR) is 96.4 cm³/mol. The molecular formula is C17H15IN2O2. The summed E-state index contributed by atoms with van der Waals surface area (Å²) in [5, 5.41) is 3.99. The first kappa shape index (κ1) is 16.2. The monoisotopic (exact) mass is 406 g/mol. The molecule has 0 saturated carbocycles. The molecule has 0 fully saturated rings. The van der Waals surface area contributed by atoms with Crippen LogP contribution < -0.4 is 10.2 Å². The maximum Gasteiger partial charge on any atom is 0.272 e. The van der Waals surface area contributed by atoms with Gasteiger partial charge >= 0.3 is 0 Å². The van der Waals surface area contributed by atoms with Gasteiger partial charge in [-0.05, 0) is 46.9 Å². The molecule has 1 N–H and O–H groups in total. The Kier molecular flexibility index (Phi) is 6.14. The van der Waals surface area contributed by atoms with Crippen LogP contribution in [0.4, 0.5) is 0 Å². The number of hydrazone groups is 1. The largest absolute Gasteiger partial charge is 0.489 e. The summed E-state index contributed by atoms with van der Waals surface area (Å²) in [7, 11) is 0. The summed E-state index contributed by atoms with van der Waals surface area (Å²) in [6, 6.07) is 14.8. The van der Waals surface area contributed by atoms with Crippen molar-refractivity contribution in [2.75, 3.05) is 6.61 Å². The second-order valence-electron chi connectivity index (χ2n) is 4.32. The summed E-state index contributed by atoms with van der Waals surface area (Å²) in [5.74, 6) is 0.445. The number of nitrogens with one attached hydrogen (secondary N) is 1. The molecule has 2 aromatic carbocycles. The lowest BCUT2D eigenvalue weighted by molar-refractivity contribution is 0.0954. The van der Waals surface area contributed by atoms with Gasteiger partial charge in [-0.25, -0.2) is 5.43 Å².